The first-order valence-corrected chi connectivity index (χ1v) is 10.4. The Hall–Kier alpha value is -3.71. The van der Waals surface area contributed by atoms with Gasteiger partial charge in [0, 0.05) is 29.1 Å². The smallest absolute Gasteiger partial charge is 0.172 e. The summed E-state index contributed by atoms with van der Waals surface area (Å²) in [6.45, 7) is 1.45. The SMILES string of the molecule is Clc1ccc(-c2onc3c2CN(c2ncnc4c2cnn4-c2ccccc2)CC3)cc1. The average Bonchev–Trinajstić information content (AvgIpc) is 3.44. The zero-order valence-electron chi connectivity index (χ0n) is 16.4. The number of hydrogen-bond donors (Lipinski definition) is 0. The predicted molar refractivity (Wildman–Crippen MR) is 118 cm³/mol. The number of hydrogen-bond acceptors (Lipinski definition) is 6. The summed E-state index contributed by atoms with van der Waals surface area (Å²) < 4.78 is 7.55. The summed E-state index contributed by atoms with van der Waals surface area (Å²) in [6.07, 6.45) is 4.22. The number of anilines is 1. The van der Waals surface area contributed by atoms with Crippen molar-refractivity contribution >= 4 is 28.5 Å². The molecule has 6 rings (SSSR count). The molecule has 0 aliphatic carbocycles. The Balaban J connectivity index is 1.39. The minimum atomic E-state index is 0.652. The number of nitrogens with zero attached hydrogens (tertiary/aromatic N) is 6. The minimum absolute atomic E-state index is 0.652. The first-order chi connectivity index (χ1) is 15.3. The van der Waals surface area contributed by atoms with E-state index in [1.807, 2.05) is 65.5 Å². The van der Waals surface area contributed by atoms with Gasteiger partial charge in [0.15, 0.2) is 11.4 Å². The molecule has 0 saturated heterocycles. The molecule has 0 unspecified atom stereocenters. The molecule has 31 heavy (non-hydrogen) atoms. The van der Waals surface area contributed by atoms with Crippen LogP contribution < -0.4 is 4.90 Å². The fourth-order valence-electron chi connectivity index (χ4n) is 4.06. The second-order valence-electron chi connectivity index (χ2n) is 7.44. The van der Waals surface area contributed by atoms with Crippen LogP contribution in [0.25, 0.3) is 28.0 Å². The molecule has 0 radical (unpaired) electrons. The maximum atomic E-state index is 6.04. The van der Waals surface area contributed by atoms with Gasteiger partial charge in [-0.1, -0.05) is 35.0 Å². The molecule has 152 valence electrons. The van der Waals surface area contributed by atoms with E-state index in [9.17, 15) is 0 Å². The highest BCUT2D eigenvalue weighted by Gasteiger charge is 2.27. The van der Waals surface area contributed by atoms with Crippen molar-refractivity contribution in [1.82, 2.24) is 24.9 Å². The normalized spacial score (nSPS) is 13.5. The van der Waals surface area contributed by atoms with E-state index in [0.29, 0.717) is 11.6 Å². The summed E-state index contributed by atoms with van der Waals surface area (Å²) in [7, 11) is 0. The number of rotatable bonds is 3. The molecule has 5 aromatic rings. The van der Waals surface area contributed by atoms with E-state index in [-0.39, 0.29) is 0 Å². The van der Waals surface area contributed by atoms with Gasteiger partial charge in [-0.05, 0) is 36.4 Å². The molecule has 0 amide bonds. The topological polar surface area (TPSA) is 72.9 Å². The van der Waals surface area contributed by atoms with Crippen LogP contribution in [0.15, 0.2) is 71.6 Å². The third kappa shape index (κ3) is 3.05. The number of fused-ring (bicyclic) bond motifs is 2. The summed E-state index contributed by atoms with van der Waals surface area (Å²) in [4.78, 5) is 11.3. The van der Waals surface area contributed by atoms with E-state index in [4.69, 9.17) is 16.1 Å². The second kappa shape index (κ2) is 7.21. The maximum Gasteiger partial charge on any atom is 0.172 e. The molecule has 4 heterocycles. The monoisotopic (exact) mass is 428 g/mol. The molecular weight excluding hydrogens is 412 g/mol. The van der Waals surface area contributed by atoms with E-state index >= 15 is 0 Å². The summed E-state index contributed by atoms with van der Waals surface area (Å²) >= 11 is 6.04. The first kappa shape index (κ1) is 18.1. The zero-order valence-corrected chi connectivity index (χ0v) is 17.2. The molecule has 1 aliphatic heterocycles. The lowest BCUT2D eigenvalue weighted by atomic mass is 10.0. The molecule has 1 aliphatic rings. The number of aromatic nitrogens is 5. The predicted octanol–water partition coefficient (Wildman–Crippen LogP) is 4.69. The number of para-hydroxylation sites is 1. The highest BCUT2D eigenvalue weighted by atomic mass is 35.5. The lowest BCUT2D eigenvalue weighted by Crippen LogP contribution is -2.31. The third-order valence-electron chi connectivity index (χ3n) is 5.59. The number of halogens is 1. The van der Waals surface area contributed by atoms with Crippen LogP contribution in [0.5, 0.6) is 0 Å². The lowest BCUT2D eigenvalue weighted by molar-refractivity contribution is 0.424. The molecule has 8 heteroatoms. The zero-order chi connectivity index (χ0) is 20.8. The van der Waals surface area contributed by atoms with Gasteiger partial charge in [0.25, 0.3) is 0 Å². The molecule has 3 aromatic heterocycles. The molecule has 0 fully saturated rings. The van der Waals surface area contributed by atoms with E-state index in [1.165, 1.54) is 0 Å². The van der Waals surface area contributed by atoms with Crippen LogP contribution in [-0.4, -0.2) is 31.4 Å². The molecule has 2 aromatic carbocycles. The molecule has 0 N–H and O–H groups in total. The average molecular weight is 429 g/mol. The first-order valence-electron chi connectivity index (χ1n) is 10.0. The fourth-order valence-corrected chi connectivity index (χ4v) is 4.19. The molecule has 0 spiro atoms. The van der Waals surface area contributed by atoms with Gasteiger partial charge in [-0.2, -0.15) is 5.10 Å². The fraction of sp³-hybridized carbons (Fsp3) is 0.130. The van der Waals surface area contributed by atoms with Crippen LogP contribution in [0.2, 0.25) is 5.02 Å². The summed E-state index contributed by atoms with van der Waals surface area (Å²) in [5.74, 6) is 1.64. The van der Waals surface area contributed by atoms with Crippen molar-refractivity contribution in [1.29, 1.82) is 0 Å². The van der Waals surface area contributed by atoms with E-state index in [0.717, 1.165) is 58.1 Å². The Kier molecular flexibility index (Phi) is 4.21. The van der Waals surface area contributed by atoms with Crippen molar-refractivity contribution in [2.75, 3.05) is 11.4 Å². The standard InChI is InChI=1S/C23H17ClN6O/c24-16-8-6-15(7-9-16)21-19-13-29(11-10-20(19)28-31-21)22-18-12-27-30(23(18)26-14-25-22)17-4-2-1-3-5-17/h1-9,12,14H,10-11,13H2. The Morgan fingerprint density at radius 2 is 1.81 bits per heavy atom. The Bertz CT molecular complexity index is 1380. The molecular formula is C23H17ClN6O. The van der Waals surface area contributed by atoms with Crippen molar-refractivity contribution in [3.8, 4) is 17.0 Å². The lowest BCUT2D eigenvalue weighted by Gasteiger charge is -2.27. The van der Waals surface area contributed by atoms with Gasteiger partial charge in [-0.3, -0.25) is 0 Å². The third-order valence-corrected chi connectivity index (χ3v) is 5.84. The molecule has 7 nitrogen and oxygen atoms in total. The molecule has 0 saturated carbocycles. The number of benzene rings is 2. The van der Waals surface area contributed by atoms with Gasteiger partial charge < -0.3 is 9.42 Å². The summed E-state index contributed by atoms with van der Waals surface area (Å²) in [6, 6.07) is 17.6. The largest absolute Gasteiger partial charge is 0.356 e. The van der Waals surface area contributed by atoms with E-state index in [2.05, 4.69) is 25.1 Å². The Morgan fingerprint density at radius 1 is 0.968 bits per heavy atom. The highest BCUT2D eigenvalue weighted by molar-refractivity contribution is 6.30. The van der Waals surface area contributed by atoms with Crippen LogP contribution in [0.4, 0.5) is 5.82 Å². The summed E-state index contributed by atoms with van der Waals surface area (Å²) in [5, 5.41) is 10.5. The van der Waals surface area contributed by atoms with Crippen LogP contribution in [0, 0.1) is 0 Å². The van der Waals surface area contributed by atoms with Crippen LogP contribution in [0.1, 0.15) is 11.3 Å². The van der Waals surface area contributed by atoms with Crippen molar-refractivity contribution in [2.24, 2.45) is 0 Å². The van der Waals surface area contributed by atoms with Gasteiger partial charge in [-0.25, -0.2) is 14.6 Å². The maximum absolute atomic E-state index is 6.04. The van der Waals surface area contributed by atoms with Crippen molar-refractivity contribution in [3.05, 3.63) is 83.4 Å². The van der Waals surface area contributed by atoms with E-state index in [1.54, 1.807) is 6.33 Å². The molecule has 0 bridgehead atoms. The van der Waals surface area contributed by atoms with Crippen molar-refractivity contribution < 1.29 is 4.52 Å². The second-order valence-corrected chi connectivity index (χ2v) is 7.88. The van der Waals surface area contributed by atoms with Gasteiger partial charge in [0.05, 0.1) is 29.5 Å². The van der Waals surface area contributed by atoms with Crippen LogP contribution in [0.3, 0.4) is 0 Å². The van der Waals surface area contributed by atoms with Crippen LogP contribution in [-0.2, 0) is 13.0 Å². The quantitative estimate of drug-likeness (QED) is 0.415. The highest BCUT2D eigenvalue weighted by Crippen LogP contribution is 2.34. The summed E-state index contributed by atoms with van der Waals surface area (Å²) in [5.41, 5.74) is 4.78. The van der Waals surface area contributed by atoms with Gasteiger partial charge >= 0.3 is 0 Å². The van der Waals surface area contributed by atoms with Crippen molar-refractivity contribution in [2.45, 2.75) is 13.0 Å². The van der Waals surface area contributed by atoms with Gasteiger partial charge in [0.1, 0.15) is 12.1 Å². The van der Waals surface area contributed by atoms with Gasteiger partial charge in [0.2, 0.25) is 0 Å². The van der Waals surface area contributed by atoms with E-state index < -0.39 is 0 Å². The van der Waals surface area contributed by atoms with Gasteiger partial charge in [-0.15, -0.1) is 0 Å². The Morgan fingerprint density at radius 3 is 2.65 bits per heavy atom. The minimum Gasteiger partial charge on any atom is -0.356 e. The van der Waals surface area contributed by atoms with Crippen molar-refractivity contribution in [3.63, 3.8) is 0 Å². The van der Waals surface area contributed by atoms with Crippen LogP contribution >= 0.6 is 11.6 Å². The Labute approximate surface area is 182 Å². The molecule has 0 atom stereocenters.